The predicted molar refractivity (Wildman–Crippen MR) is 120 cm³/mol. The quantitative estimate of drug-likeness (QED) is 0.506. The summed E-state index contributed by atoms with van der Waals surface area (Å²) in [6.07, 6.45) is 2.69. The maximum Gasteiger partial charge on any atom is 0.307 e. The van der Waals surface area contributed by atoms with Gasteiger partial charge in [0, 0.05) is 34.8 Å². The van der Waals surface area contributed by atoms with Crippen molar-refractivity contribution in [3.05, 3.63) is 83.5 Å². The fraction of sp³-hybridized carbons (Fsp3) is 0.250. The number of carboxylic acids is 1. The Kier molecular flexibility index (Phi) is 7.89. The summed E-state index contributed by atoms with van der Waals surface area (Å²) in [5, 5.41) is 9.55. The van der Waals surface area contributed by atoms with Crippen molar-refractivity contribution in [3.8, 4) is 10.4 Å². The SMILES string of the molecule is C=C/C(=C\C(=C)F)[C@H](c1ccc(-c2ccc(C(=O)N(C)CC)cc2)s1)[C@@H](C)C(=O)O. The highest BCUT2D eigenvalue weighted by Gasteiger charge is 2.29. The van der Waals surface area contributed by atoms with Crippen molar-refractivity contribution in [2.24, 2.45) is 5.92 Å². The lowest BCUT2D eigenvalue weighted by molar-refractivity contribution is -0.141. The van der Waals surface area contributed by atoms with Crippen LogP contribution in [0.4, 0.5) is 4.39 Å². The van der Waals surface area contributed by atoms with Crippen LogP contribution in [0.15, 0.2) is 73.1 Å². The second-order valence-corrected chi connectivity index (χ2v) is 8.11. The van der Waals surface area contributed by atoms with Crippen LogP contribution in [0.5, 0.6) is 0 Å². The summed E-state index contributed by atoms with van der Waals surface area (Å²) in [7, 11) is 1.75. The van der Waals surface area contributed by atoms with E-state index < -0.39 is 23.6 Å². The van der Waals surface area contributed by atoms with Gasteiger partial charge in [-0.2, -0.15) is 0 Å². The number of hydrogen-bond donors (Lipinski definition) is 1. The fourth-order valence-electron chi connectivity index (χ4n) is 3.11. The molecule has 4 nitrogen and oxygen atoms in total. The second-order valence-electron chi connectivity index (χ2n) is 7.00. The van der Waals surface area contributed by atoms with Crippen molar-refractivity contribution in [2.45, 2.75) is 19.8 Å². The number of allylic oxidation sites excluding steroid dienone is 4. The summed E-state index contributed by atoms with van der Waals surface area (Å²) in [5.74, 6) is -3.00. The van der Waals surface area contributed by atoms with E-state index >= 15 is 0 Å². The summed E-state index contributed by atoms with van der Waals surface area (Å²) in [6, 6.07) is 11.1. The van der Waals surface area contributed by atoms with Crippen molar-refractivity contribution >= 4 is 23.2 Å². The van der Waals surface area contributed by atoms with Gasteiger partial charge in [0.05, 0.1) is 5.92 Å². The molecule has 158 valence electrons. The number of benzene rings is 1. The molecule has 0 fully saturated rings. The number of carboxylic acid groups (broad SMARTS) is 1. The minimum atomic E-state index is -0.977. The van der Waals surface area contributed by atoms with Gasteiger partial charge in [-0.1, -0.05) is 38.3 Å². The van der Waals surface area contributed by atoms with Gasteiger partial charge in [0.15, 0.2) is 0 Å². The van der Waals surface area contributed by atoms with Crippen LogP contribution in [0.1, 0.15) is 35.0 Å². The molecule has 2 atom stereocenters. The third-order valence-corrected chi connectivity index (χ3v) is 6.20. The number of nitrogens with zero attached hydrogens (tertiary/aromatic N) is 1. The number of rotatable bonds is 9. The van der Waals surface area contributed by atoms with Gasteiger partial charge >= 0.3 is 5.97 Å². The zero-order valence-electron chi connectivity index (χ0n) is 17.4. The topological polar surface area (TPSA) is 57.6 Å². The molecule has 30 heavy (non-hydrogen) atoms. The van der Waals surface area contributed by atoms with Crippen molar-refractivity contribution in [2.75, 3.05) is 13.6 Å². The molecule has 1 heterocycles. The highest BCUT2D eigenvalue weighted by molar-refractivity contribution is 7.15. The number of hydrogen-bond acceptors (Lipinski definition) is 3. The van der Waals surface area contributed by atoms with Gasteiger partial charge in [-0.15, -0.1) is 11.3 Å². The zero-order chi connectivity index (χ0) is 22.4. The molecule has 1 aromatic heterocycles. The van der Waals surface area contributed by atoms with Crippen molar-refractivity contribution in [3.63, 3.8) is 0 Å². The summed E-state index contributed by atoms with van der Waals surface area (Å²) in [4.78, 5) is 27.3. The van der Waals surface area contributed by atoms with Gasteiger partial charge in [-0.05, 0) is 48.4 Å². The summed E-state index contributed by atoms with van der Waals surface area (Å²) >= 11 is 1.44. The Morgan fingerprint density at radius 3 is 2.37 bits per heavy atom. The van der Waals surface area contributed by atoms with E-state index in [0.29, 0.717) is 17.7 Å². The van der Waals surface area contributed by atoms with Crippen LogP contribution in [-0.4, -0.2) is 35.5 Å². The molecule has 0 radical (unpaired) electrons. The van der Waals surface area contributed by atoms with Crippen molar-refractivity contribution in [1.29, 1.82) is 0 Å². The van der Waals surface area contributed by atoms with E-state index in [1.807, 2.05) is 31.2 Å². The highest BCUT2D eigenvalue weighted by Crippen LogP contribution is 2.40. The van der Waals surface area contributed by atoms with Crippen LogP contribution in [0.25, 0.3) is 10.4 Å². The maximum atomic E-state index is 13.4. The lowest BCUT2D eigenvalue weighted by atomic mass is 9.85. The molecule has 0 unspecified atom stereocenters. The molecule has 0 spiro atoms. The molecule has 0 bridgehead atoms. The molecular formula is C24H26FNO3S. The third kappa shape index (κ3) is 5.33. The average molecular weight is 428 g/mol. The summed E-state index contributed by atoms with van der Waals surface area (Å²) < 4.78 is 13.4. The van der Waals surface area contributed by atoms with Crippen molar-refractivity contribution < 1.29 is 19.1 Å². The Hall–Kier alpha value is -2.99. The lowest BCUT2D eigenvalue weighted by Gasteiger charge is -2.21. The molecule has 1 N–H and O–H groups in total. The smallest absolute Gasteiger partial charge is 0.307 e. The van der Waals surface area contributed by atoms with E-state index in [1.54, 1.807) is 31.0 Å². The number of carbonyl (C=O) groups excluding carboxylic acids is 1. The molecular weight excluding hydrogens is 401 g/mol. The summed E-state index contributed by atoms with van der Waals surface area (Å²) in [5.41, 5.74) is 1.99. The Balaban J connectivity index is 2.40. The fourth-order valence-corrected chi connectivity index (χ4v) is 4.36. The van der Waals surface area contributed by atoms with Crippen LogP contribution in [0.2, 0.25) is 0 Å². The minimum Gasteiger partial charge on any atom is -0.481 e. The molecule has 0 saturated carbocycles. The normalized spacial score (nSPS) is 13.4. The molecule has 0 aliphatic heterocycles. The van der Waals surface area contributed by atoms with Gasteiger partial charge in [0.1, 0.15) is 5.83 Å². The third-order valence-electron chi connectivity index (χ3n) is 4.98. The first-order chi connectivity index (χ1) is 14.2. The standard InChI is InChI=1S/C24H26FNO3S/c1-6-17(14-15(3)25)22(16(4)24(28)29)21-13-12-20(30-21)18-8-10-19(11-9-18)23(27)26(5)7-2/h6,8-14,16,22H,1,3,7H2,2,4-5H3,(H,28,29)/b17-14+/t16-,22-/m1/s1. The average Bonchev–Trinajstić information content (AvgIpc) is 3.21. The molecule has 1 amide bonds. The number of amides is 1. The van der Waals surface area contributed by atoms with Gasteiger partial charge in [-0.25, -0.2) is 4.39 Å². The number of aliphatic carboxylic acids is 1. The summed E-state index contributed by atoms with van der Waals surface area (Å²) in [6.45, 7) is 11.1. The Bertz CT molecular complexity index is 975. The van der Waals surface area contributed by atoms with Crippen LogP contribution >= 0.6 is 11.3 Å². The second kappa shape index (κ2) is 10.2. The first kappa shape index (κ1) is 23.3. The first-order valence-corrected chi connectivity index (χ1v) is 10.4. The van der Waals surface area contributed by atoms with E-state index in [9.17, 15) is 19.1 Å². The maximum absolute atomic E-state index is 13.4. The monoisotopic (exact) mass is 427 g/mol. The number of halogens is 1. The molecule has 0 aliphatic rings. The Labute approximate surface area is 180 Å². The highest BCUT2D eigenvalue weighted by atomic mass is 32.1. The van der Waals surface area contributed by atoms with Gasteiger partial charge < -0.3 is 10.0 Å². The number of carbonyl (C=O) groups is 2. The van der Waals surface area contributed by atoms with Gasteiger partial charge in [0.25, 0.3) is 5.91 Å². The van der Waals surface area contributed by atoms with Crippen molar-refractivity contribution in [1.82, 2.24) is 4.90 Å². The van der Waals surface area contributed by atoms with E-state index in [-0.39, 0.29) is 5.91 Å². The Morgan fingerprint density at radius 1 is 1.23 bits per heavy atom. The molecule has 2 rings (SSSR count). The molecule has 1 aromatic carbocycles. The first-order valence-electron chi connectivity index (χ1n) is 9.56. The van der Waals surface area contributed by atoms with E-state index in [0.717, 1.165) is 15.3 Å². The minimum absolute atomic E-state index is 0.0431. The van der Waals surface area contributed by atoms with E-state index in [1.165, 1.54) is 23.5 Å². The number of thiophene rings is 1. The van der Waals surface area contributed by atoms with Gasteiger partial charge in [0.2, 0.25) is 0 Å². The van der Waals surface area contributed by atoms with Crippen LogP contribution in [-0.2, 0) is 4.79 Å². The van der Waals surface area contributed by atoms with Crippen LogP contribution in [0, 0.1) is 5.92 Å². The van der Waals surface area contributed by atoms with E-state index in [4.69, 9.17) is 0 Å². The van der Waals surface area contributed by atoms with Crippen LogP contribution < -0.4 is 0 Å². The largest absolute Gasteiger partial charge is 0.481 e. The van der Waals surface area contributed by atoms with Gasteiger partial charge in [-0.3, -0.25) is 9.59 Å². The Morgan fingerprint density at radius 2 is 1.87 bits per heavy atom. The zero-order valence-corrected chi connectivity index (χ0v) is 18.2. The molecule has 6 heteroatoms. The lowest BCUT2D eigenvalue weighted by Crippen LogP contribution is -2.26. The molecule has 0 aliphatic carbocycles. The molecule has 2 aromatic rings. The van der Waals surface area contributed by atoms with Crippen LogP contribution in [0.3, 0.4) is 0 Å². The van der Waals surface area contributed by atoms with E-state index in [2.05, 4.69) is 13.2 Å². The predicted octanol–water partition coefficient (Wildman–Crippen LogP) is 5.91. The molecule has 0 saturated heterocycles.